The molecule has 1 aliphatic heterocycles. The number of hydrogen-bond acceptors (Lipinski definition) is 4. The summed E-state index contributed by atoms with van der Waals surface area (Å²) in [5, 5.41) is 0.375. The van der Waals surface area contributed by atoms with Gasteiger partial charge in [0, 0.05) is 16.3 Å². The first-order valence-corrected chi connectivity index (χ1v) is 8.10. The van der Waals surface area contributed by atoms with Gasteiger partial charge in [0.05, 0.1) is 18.5 Å². The Morgan fingerprint density at radius 2 is 1.95 bits per heavy atom. The lowest BCUT2D eigenvalue weighted by Gasteiger charge is -2.13. The average Bonchev–Trinajstić information content (AvgIpc) is 2.74. The second-order valence-corrected chi connectivity index (χ2v) is 6.55. The SMILES string of the molecule is COC(=O)[C@@H]1CC(c2ccc(Cl)cc2)=Nc2ccccc2S1. The van der Waals surface area contributed by atoms with Crippen molar-refractivity contribution in [1.29, 1.82) is 0 Å². The third-order valence-corrected chi connectivity index (χ3v) is 4.90. The first kappa shape index (κ1) is 15.1. The number of ether oxygens (including phenoxy) is 1. The number of fused-ring (bicyclic) bond motifs is 1. The summed E-state index contributed by atoms with van der Waals surface area (Å²) in [6.07, 6.45) is 0.521. The molecule has 2 aromatic carbocycles. The Morgan fingerprint density at radius 1 is 1.23 bits per heavy atom. The molecule has 22 heavy (non-hydrogen) atoms. The minimum Gasteiger partial charge on any atom is -0.468 e. The van der Waals surface area contributed by atoms with Gasteiger partial charge >= 0.3 is 5.97 Å². The Labute approximate surface area is 138 Å². The Balaban J connectivity index is 2.05. The van der Waals surface area contributed by atoms with Crippen LogP contribution >= 0.6 is 23.4 Å². The fraction of sp³-hybridized carbons (Fsp3) is 0.176. The van der Waals surface area contributed by atoms with Gasteiger partial charge in [0.25, 0.3) is 0 Å². The van der Waals surface area contributed by atoms with Gasteiger partial charge in [-0.3, -0.25) is 9.79 Å². The third-order valence-electron chi connectivity index (χ3n) is 3.41. The normalized spacial score (nSPS) is 17.2. The Bertz CT molecular complexity index is 728. The maximum atomic E-state index is 12.0. The van der Waals surface area contributed by atoms with Crippen molar-refractivity contribution in [3.05, 3.63) is 59.1 Å². The van der Waals surface area contributed by atoms with Crippen LogP contribution in [0, 0.1) is 0 Å². The number of para-hydroxylation sites is 1. The summed E-state index contributed by atoms with van der Waals surface area (Å²) in [5.74, 6) is -0.233. The zero-order valence-corrected chi connectivity index (χ0v) is 13.5. The van der Waals surface area contributed by atoms with Gasteiger partial charge in [0.15, 0.2) is 0 Å². The van der Waals surface area contributed by atoms with Gasteiger partial charge in [-0.25, -0.2) is 0 Å². The van der Waals surface area contributed by atoms with E-state index in [9.17, 15) is 4.79 Å². The predicted molar refractivity (Wildman–Crippen MR) is 90.4 cm³/mol. The molecule has 3 nitrogen and oxygen atoms in total. The lowest BCUT2D eigenvalue weighted by atomic mass is 10.1. The molecule has 1 heterocycles. The molecule has 0 bridgehead atoms. The smallest absolute Gasteiger partial charge is 0.319 e. The van der Waals surface area contributed by atoms with Crippen LogP contribution in [0.25, 0.3) is 0 Å². The molecule has 1 aliphatic rings. The van der Waals surface area contributed by atoms with Crippen LogP contribution in [0.15, 0.2) is 58.4 Å². The molecule has 3 rings (SSSR count). The van der Waals surface area contributed by atoms with Crippen molar-refractivity contribution in [3.63, 3.8) is 0 Å². The highest BCUT2D eigenvalue weighted by molar-refractivity contribution is 8.00. The summed E-state index contributed by atoms with van der Waals surface area (Å²) in [7, 11) is 1.42. The van der Waals surface area contributed by atoms with Crippen LogP contribution in [0.3, 0.4) is 0 Å². The van der Waals surface area contributed by atoms with Crippen molar-refractivity contribution >= 4 is 40.7 Å². The van der Waals surface area contributed by atoms with E-state index in [4.69, 9.17) is 21.3 Å². The van der Waals surface area contributed by atoms with E-state index in [0.717, 1.165) is 21.9 Å². The molecule has 1 atom stereocenters. The van der Waals surface area contributed by atoms with E-state index in [1.54, 1.807) is 0 Å². The van der Waals surface area contributed by atoms with E-state index in [0.29, 0.717) is 11.4 Å². The fourth-order valence-electron chi connectivity index (χ4n) is 2.30. The van der Waals surface area contributed by atoms with Crippen molar-refractivity contribution in [1.82, 2.24) is 0 Å². The zero-order chi connectivity index (χ0) is 15.5. The molecule has 112 valence electrons. The summed E-state index contributed by atoms with van der Waals surface area (Å²) in [6.45, 7) is 0. The Kier molecular flexibility index (Phi) is 4.50. The summed E-state index contributed by atoms with van der Waals surface area (Å²) < 4.78 is 4.93. The van der Waals surface area contributed by atoms with Crippen molar-refractivity contribution < 1.29 is 9.53 Å². The number of methoxy groups -OCH3 is 1. The second kappa shape index (κ2) is 6.55. The molecule has 0 unspecified atom stereocenters. The molecule has 0 saturated carbocycles. The standard InChI is InChI=1S/C17H14ClNO2S/c1-21-17(20)16-10-14(11-6-8-12(18)9-7-11)19-13-4-2-3-5-15(13)22-16/h2-9,16H,10H2,1H3/t16-/m0/s1. The van der Waals surface area contributed by atoms with E-state index in [1.807, 2.05) is 48.5 Å². The van der Waals surface area contributed by atoms with Crippen molar-refractivity contribution in [2.24, 2.45) is 4.99 Å². The Hall–Kier alpha value is -1.78. The van der Waals surface area contributed by atoms with Crippen molar-refractivity contribution in [3.8, 4) is 0 Å². The average molecular weight is 332 g/mol. The van der Waals surface area contributed by atoms with E-state index in [2.05, 4.69) is 0 Å². The molecule has 0 N–H and O–H groups in total. The van der Waals surface area contributed by atoms with E-state index in [1.165, 1.54) is 18.9 Å². The first-order chi connectivity index (χ1) is 10.7. The minimum atomic E-state index is -0.303. The van der Waals surface area contributed by atoms with Crippen LogP contribution in [0.4, 0.5) is 5.69 Å². The van der Waals surface area contributed by atoms with Gasteiger partial charge in [0.2, 0.25) is 0 Å². The molecular weight excluding hydrogens is 318 g/mol. The molecule has 0 aliphatic carbocycles. The number of aliphatic imine (C=N–C) groups is 1. The van der Waals surface area contributed by atoms with Crippen LogP contribution in [-0.2, 0) is 9.53 Å². The van der Waals surface area contributed by atoms with Crippen molar-refractivity contribution in [2.75, 3.05) is 7.11 Å². The van der Waals surface area contributed by atoms with Crippen LogP contribution in [-0.4, -0.2) is 24.0 Å². The number of benzene rings is 2. The first-order valence-electron chi connectivity index (χ1n) is 6.84. The highest BCUT2D eigenvalue weighted by Crippen LogP contribution is 2.38. The molecule has 0 fully saturated rings. The van der Waals surface area contributed by atoms with E-state index in [-0.39, 0.29) is 11.2 Å². The molecule has 5 heteroatoms. The molecule has 2 aromatic rings. The van der Waals surface area contributed by atoms with Gasteiger partial charge in [-0.15, -0.1) is 11.8 Å². The number of nitrogens with zero attached hydrogens (tertiary/aromatic N) is 1. The number of esters is 1. The number of hydrogen-bond donors (Lipinski definition) is 0. The maximum absolute atomic E-state index is 12.0. The molecular formula is C17H14ClNO2S. The summed E-state index contributed by atoms with van der Waals surface area (Å²) in [6, 6.07) is 15.3. The number of thioether (sulfide) groups is 1. The van der Waals surface area contributed by atoms with Gasteiger partial charge in [-0.2, -0.15) is 0 Å². The third kappa shape index (κ3) is 3.18. The van der Waals surface area contributed by atoms with E-state index >= 15 is 0 Å². The molecule has 0 saturated heterocycles. The zero-order valence-electron chi connectivity index (χ0n) is 12.0. The highest BCUT2D eigenvalue weighted by atomic mass is 35.5. The van der Waals surface area contributed by atoms with Crippen LogP contribution in [0.5, 0.6) is 0 Å². The molecule has 0 amide bonds. The van der Waals surface area contributed by atoms with Gasteiger partial charge in [0.1, 0.15) is 5.25 Å². The fourth-order valence-corrected chi connectivity index (χ4v) is 3.56. The monoisotopic (exact) mass is 331 g/mol. The van der Waals surface area contributed by atoms with Gasteiger partial charge < -0.3 is 4.74 Å². The van der Waals surface area contributed by atoms with Crippen LogP contribution in [0.2, 0.25) is 5.02 Å². The summed E-state index contributed by atoms with van der Waals surface area (Å²) in [4.78, 5) is 17.8. The van der Waals surface area contributed by atoms with Crippen molar-refractivity contribution in [2.45, 2.75) is 16.6 Å². The predicted octanol–water partition coefficient (Wildman–Crippen LogP) is 4.50. The second-order valence-electron chi connectivity index (χ2n) is 4.87. The summed E-state index contributed by atoms with van der Waals surface area (Å²) >= 11 is 7.44. The lowest BCUT2D eigenvalue weighted by Crippen LogP contribution is -2.22. The molecule has 0 aromatic heterocycles. The molecule has 0 spiro atoms. The van der Waals surface area contributed by atoms with Gasteiger partial charge in [-0.05, 0) is 29.8 Å². The summed E-state index contributed by atoms with van der Waals surface area (Å²) in [5.41, 5.74) is 2.71. The molecule has 0 radical (unpaired) electrons. The number of carbonyl (C=O) groups is 1. The highest BCUT2D eigenvalue weighted by Gasteiger charge is 2.27. The maximum Gasteiger partial charge on any atom is 0.319 e. The van der Waals surface area contributed by atoms with Crippen LogP contribution in [0.1, 0.15) is 12.0 Å². The largest absolute Gasteiger partial charge is 0.468 e. The number of rotatable bonds is 2. The number of carbonyl (C=O) groups excluding carboxylic acids is 1. The quantitative estimate of drug-likeness (QED) is 0.761. The Morgan fingerprint density at radius 3 is 2.68 bits per heavy atom. The number of halogens is 1. The minimum absolute atomic E-state index is 0.233. The van der Waals surface area contributed by atoms with Gasteiger partial charge in [-0.1, -0.05) is 35.9 Å². The van der Waals surface area contributed by atoms with E-state index < -0.39 is 0 Å². The lowest BCUT2D eigenvalue weighted by molar-refractivity contribution is -0.139. The topological polar surface area (TPSA) is 38.7 Å². The van der Waals surface area contributed by atoms with Crippen LogP contribution < -0.4 is 0 Å².